The Balaban J connectivity index is 1.90. The van der Waals surface area contributed by atoms with E-state index in [1.165, 1.54) is 17.1 Å². The molecule has 0 aliphatic carbocycles. The van der Waals surface area contributed by atoms with Crippen LogP contribution in [0.1, 0.15) is 76.1 Å². The number of hydrogen-bond acceptors (Lipinski definition) is 5. The van der Waals surface area contributed by atoms with Crippen molar-refractivity contribution in [1.82, 2.24) is 14.9 Å². The van der Waals surface area contributed by atoms with Crippen LogP contribution in [-0.4, -0.2) is 39.1 Å². The predicted molar refractivity (Wildman–Crippen MR) is 132 cm³/mol. The van der Waals surface area contributed by atoms with Gasteiger partial charge in [-0.25, -0.2) is 0 Å². The van der Waals surface area contributed by atoms with Crippen LogP contribution in [0.2, 0.25) is 0 Å². The fourth-order valence-corrected chi connectivity index (χ4v) is 4.61. The Morgan fingerprint density at radius 2 is 2.00 bits per heavy atom. The Labute approximate surface area is 201 Å². The number of hydrogen-bond donors (Lipinski definition) is 2. The summed E-state index contributed by atoms with van der Waals surface area (Å²) in [4.78, 5) is 44.4. The fraction of sp³-hybridized carbons (Fsp3) is 0.538. The molecule has 2 aromatic heterocycles. The molecule has 1 fully saturated rings. The molecule has 0 bridgehead atoms. The van der Waals surface area contributed by atoms with Crippen LogP contribution in [0.5, 0.6) is 0 Å². The van der Waals surface area contributed by atoms with E-state index in [0.717, 1.165) is 30.6 Å². The summed E-state index contributed by atoms with van der Waals surface area (Å²) < 4.78 is 1.43. The van der Waals surface area contributed by atoms with Crippen LogP contribution in [0.25, 0.3) is 0 Å². The summed E-state index contributed by atoms with van der Waals surface area (Å²) in [6, 6.07) is 4.11. The lowest BCUT2D eigenvalue weighted by molar-refractivity contribution is -0.138. The number of aromatic nitrogens is 2. The van der Waals surface area contributed by atoms with Crippen molar-refractivity contribution in [3.63, 3.8) is 0 Å². The number of nitrogens with zero attached hydrogens (tertiary/aromatic N) is 3. The number of carbonyl (C=O) groups is 2. The van der Waals surface area contributed by atoms with Gasteiger partial charge in [0.2, 0.25) is 5.91 Å². The largest absolute Gasteiger partial charge is 0.481 e. The topological polar surface area (TPSA) is 105 Å². The molecule has 3 rings (SSSR count). The molecule has 34 heavy (non-hydrogen) atoms. The number of rotatable bonds is 9. The number of aliphatic carboxylic acids is 1. The molecule has 1 aliphatic heterocycles. The molecule has 2 aromatic rings. The second kappa shape index (κ2) is 11.3. The summed E-state index contributed by atoms with van der Waals surface area (Å²) in [5.41, 5.74) is 2.15. The highest BCUT2D eigenvalue weighted by molar-refractivity contribution is 5.81. The van der Waals surface area contributed by atoms with Crippen molar-refractivity contribution in [3.05, 3.63) is 58.3 Å². The second-order valence-electron chi connectivity index (χ2n) is 9.77. The number of pyridine rings is 2. The minimum atomic E-state index is -1.02. The molecule has 2 unspecified atom stereocenters. The van der Waals surface area contributed by atoms with Crippen molar-refractivity contribution in [1.29, 1.82) is 0 Å². The molecule has 8 heteroatoms. The van der Waals surface area contributed by atoms with Gasteiger partial charge in [0.15, 0.2) is 0 Å². The zero-order valence-corrected chi connectivity index (χ0v) is 20.5. The second-order valence-corrected chi connectivity index (χ2v) is 9.77. The Kier molecular flexibility index (Phi) is 8.47. The van der Waals surface area contributed by atoms with Crippen molar-refractivity contribution in [2.45, 2.75) is 77.9 Å². The van der Waals surface area contributed by atoms with Gasteiger partial charge in [-0.05, 0) is 68.7 Å². The molecule has 3 heterocycles. The van der Waals surface area contributed by atoms with Crippen molar-refractivity contribution in [2.24, 2.45) is 5.92 Å². The third-order valence-corrected chi connectivity index (χ3v) is 6.41. The van der Waals surface area contributed by atoms with Crippen LogP contribution in [0, 0.1) is 12.8 Å². The molecular formula is C26H36N4O4. The van der Waals surface area contributed by atoms with Gasteiger partial charge >= 0.3 is 5.97 Å². The quantitative estimate of drug-likeness (QED) is 0.579. The van der Waals surface area contributed by atoms with E-state index in [2.05, 4.69) is 22.1 Å². The van der Waals surface area contributed by atoms with Gasteiger partial charge in [0, 0.05) is 31.0 Å². The zero-order chi connectivity index (χ0) is 24.8. The van der Waals surface area contributed by atoms with Gasteiger partial charge in [0.25, 0.3) is 5.56 Å². The minimum absolute atomic E-state index is 0.160. The van der Waals surface area contributed by atoms with Gasteiger partial charge in [0.05, 0.1) is 24.3 Å². The zero-order valence-electron chi connectivity index (χ0n) is 20.5. The number of carboxylic acids is 1. The smallest absolute Gasteiger partial charge is 0.305 e. The Morgan fingerprint density at radius 3 is 2.65 bits per heavy atom. The lowest BCUT2D eigenvalue weighted by Gasteiger charge is -2.35. The molecule has 1 aliphatic rings. The van der Waals surface area contributed by atoms with Gasteiger partial charge in [-0.3, -0.25) is 19.4 Å². The molecule has 2 N–H and O–H groups in total. The van der Waals surface area contributed by atoms with Gasteiger partial charge in [-0.1, -0.05) is 13.8 Å². The van der Waals surface area contributed by atoms with Crippen molar-refractivity contribution >= 4 is 17.6 Å². The number of anilines is 1. The van der Waals surface area contributed by atoms with Gasteiger partial charge in [-0.15, -0.1) is 0 Å². The van der Waals surface area contributed by atoms with Crippen LogP contribution in [0.4, 0.5) is 5.69 Å². The molecule has 1 saturated heterocycles. The summed E-state index contributed by atoms with van der Waals surface area (Å²) in [7, 11) is 0. The summed E-state index contributed by atoms with van der Waals surface area (Å²) >= 11 is 0. The van der Waals surface area contributed by atoms with E-state index in [1.807, 2.05) is 26.8 Å². The summed E-state index contributed by atoms with van der Waals surface area (Å²) in [6.07, 6.45) is 8.62. The number of carboxylic acid groups (broad SMARTS) is 1. The van der Waals surface area contributed by atoms with Crippen LogP contribution in [0.3, 0.4) is 0 Å². The van der Waals surface area contributed by atoms with Gasteiger partial charge in [0.1, 0.15) is 6.04 Å². The highest BCUT2D eigenvalue weighted by atomic mass is 16.4. The van der Waals surface area contributed by atoms with Crippen LogP contribution in [-0.2, 0) is 9.59 Å². The van der Waals surface area contributed by atoms with Crippen LogP contribution in [0.15, 0.2) is 41.6 Å². The van der Waals surface area contributed by atoms with E-state index < -0.39 is 18.1 Å². The molecule has 0 radical (unpaired) electrons. The van der Waals surface area contributed by atoms with E-state index in [-0.39, 0.29) is 23.8 Å². The molecule has 0 spiro atoms. The number of piperidine rings is 1. The van der Waals surface area contributed by atoms with Crippen LogP contribution >= 0.6 is 0 Å². The van der Waals surface area contributed by atoms with E-state index in [1.54, 1.807) is 24.7 Å². The summed E-state index contributed by atoms with van der Waals surface area (Å²) in [6.45, 7) is 8.91. The lowest BCUT2D eigenvalue weighted by Crippen LogP contribution is -2.40. The number of amides is 1. The first-order chi connectivity index (χ1) is 16.2. The highest BCUT2D eigenvalue weighted by Gasteiger charge is 2.28. The molecule has 184 valence electrons. The predicted octanol–water partition coefficient (Wildman–Crippen LogP) is 3.85. The van der Waals surface area contributed by atoms with Crippen molar-refractivity contribution in [2.75, 3.05) is 11.4 Å². The number of carbonyl (C=O) groups excluding carboxylic acids is 1. The average molecular weight is 469 g/mol. The summed E-state index contributed by atoms with van der Waals surface area (Å²) in [5.74, 6) is -1.23. The maximum atomic E-state index is 13.4. The van der Waals surface area contributed by atoms with Crippen molar-refractivity contribution < 1.29 is 14.7 Å². The first-order valence-corrected chi connectivity index (χ1v) is 12.1. The van der Waals surface area contributed by atoms with E-state index >= 15 is 0 Å². The first kappa shape index (κ1) is 25.5. The van der Waals surface area contributed by atoms with Gasteiger partial charge in [-0.2, -0.15) is 0 Å². The Hall–Kier alpha value is -3.16. The third-order valence-electron chi connectivity index (χ3n) is 6.41. The average Bonchev–Trinajstić information content (AvgIpc) is 2.77. The molecule has 8 nitrogen and oxygen atoms in total. The fourth-order valence-electron chi connectivity index (χ4n) is 4.61. The minimum Gasteiger partial charge on any atom is -0.481 e. The Morgan fingerprint density at radius 1 is 1.24 bits per heavy atom. The maximum absolute atomic E-state index is 13.4. The molecular weight excluding hydrogens is 432 g/mol. The third kappa shape index (κ3) is 6.46. The standard InChI is InChI=1S/C26H36N4O4/c1-17(2)11-23(30-10-8-18(3)12-24(30)31)26(34)28-22(14-25(32)33)20-13-21(16-27-15-20)29-9-6-5-7-19(29)4/h8,10,12-13,15-17,19,22-23H,5-7,9,11,14H2,1-4H3,(H,28,34)(H,32,33)/t19-,22?,23?/m0/s1. The van der Waals surface area contributed by atoms with E-state index in [4.69, 9.17) is 0 Å². The number of nitrogens with one attached hydrogen (secondary N) is 1. The first-order valence-electron chi connectivity index (χ1n) is 12.1. The normalized spacial score (nSPS) is 17.9. The van der Waals surface area contributed by atoms with Crippen molar-refractivity contribution in [3.8, 4) is 0 Å². The SMILES string of the molecule is Cc1ccn(C(CC(C)C)C(=O)NC(CC(=O)O)c2cncc(N3CCCC[C@@H]3C)c2)c(=O)c1. The van der Waals surface area contributed by atoms with E-state index in [0.29, 0.717) is 18.0 Å². The lowest BCUT2D eigenvalue weighted by atomic mass is 9.99. The van der Waals surface area contributed by atoms with Crippen LogP contribution < -0.4 is 15.8 Å². The molecule has 0 saturated carbocycles. The molecule has 1 amide bonds. The Bertz CT molecular complexity index is 1060. The van der Waals surface area contributed by atoms with Gasteiger partial charge < -0.3 is 19.9 Å². The number of aryl methyl sites for hydroxylation is 1. The summed E-state index contributed by atoms with van der Waals surface area (Å²) in [5, 5.41) is 12.5. The van der Waals surface area contributed by atoms with E-state index in [9.17, 15) is 19.5 Å². The molecule has 0 aromatic carbocycles. The monoisotopic (exact) mass is 468 g/mol. The highest BCUT2D eigenvalue weighted by Crippen LogP contribution is 2.28. The molecule has 3 atom stereocenters. The maximum Gasteiger partial charge on any atom is 0.305 e.